The minimum Gasteiger partial charge on any atom is -0.354 e. The van der Waals surface area contributed by atoms with Crippen LogP contribution in [0.3, 0.4) is 0 Å². The van der Waals surface area contributed by atoms with Crippen LogP contribution in [0.15, 0.2) is 29.3 Å². The van der Waals surface area contributed by atoms with Crippen molar-refractivity contribution in [3.05, 3.63) is 35.4 Å². The number of aliphatic imine (C=N–C) groups is 1. The van der Waals surface area contributed by atoms with Crippen LogP contribution in [-0.2, 0) is 6.54 Å². The fourth-order valence-electron chi connectivity index (χ4n) is 3.31. The van der Waals surface area contributed by atoms with E-state index in [1.807, 2.05) is 29.2 Å². The van der Waals surface area contributed by atoms with Gasteiger partial charge in [0.1, 0.15) is 0 Å². The van der Waals surface area contributed by atoms with Crippen molar-refractivity contribution in [1.29, 1.82) is 0 Å². The highest BCUT2D eigenvalue weighted by Crippen LogP contribution is 2.14. The van der Waals surface area contributed by atoms with Crippen LogP contribution in [0.4, 0.5) is 0 Å². The Morgan fingerprint density at radius 2 is 1.74 bits per heavy atom. The van der Waals surface area contributed by atoms with Crippen LogP contribution < -0.4 is 10.6 Å². The van der Waals surface area contributed by atoms with Crippen LogP contribution in [0.2, 0.25) is 0 Å². The summed E-state index contributed by atoms with van der Waals surface area (Å²) in [5, 5.41) is 6.80. The van der Waals surface area contributed by atoms with E-state index in [0.717, 1.165) is 55.4 Å². The van der Waals surface area contributed by atoms with Crippen molar-refractivity contribution in [1.82, 2.24) is 15.5 Å². The van der Waals surface area contributed by atoms with Crippen LogP contribution in [0.5, 0.6) is 0 Å². The number of piperidine rings is 1. The standard InChI is InChI=1S/C22H36N4O/c1-17(2)8-9-18(3)25-22(23-4)24-16-19-10-12-20(13-11-19)21(27)26-14-6-5-7-15-26/h10-13,17-18H,5-9,14-16H2,1-4H3,(H2,23,24,25). The lowest BCUT2D eigenvalue weighted by Gasteiger charge is -2.26. The molecule has 1 aliphatic rings. The zero-order chi connectivity index (χ0) is 19.6. The number of nitrogens with one attached hydrogen (secondary N) is 2. The number of guanidine groups is 1. The molecule has 1 saturated heterocycles. The van der Waals surface area contributed by atoms with Gasteiger partial charge in [0, 0.05) is 38.3 Å². The lowest BCUT2D eigenvalue weighted by atomic mass is 10.0. The number of benzene rings is 1. The van der Waals surface area contributed by atoms with Crippen LogP contribution >= 0.6 is 0 Å². The Kier molecular flexibility index (Phi) is 8.62. The Labute approximate surface area is 164 Å². The van der Waals surface area contributed by atoms with Crippen molar-refractivity contribution >= 4 is 11.9 Å². The minimum atomic E-state index is 0.158. The van der Waals surface area contributed by atoms with E-state index < -0.39 is 0 Å². The van der Waals surface area contributed by atoms with E-state index in [1.165, 1.54) is 12.8 Å². The summed E-state index contributed by atoms with van der Waals surface area (Å²) in [5.74, 6) is 1.70. The third kappa shape index (κ3) is 7.24. The summed E-state index contributed by atoms with van der Waals surface area (Å²) in [7, 11) is 1.80. The summed E-state index contributed by atoms with van der Waals surface area (Å²) in [6.07, 6.45) is 5.81. The number of carbonyl (C=O) groups is 1. The summed E-state index contributed by atoms with van der Waals surface area (Å²) in [5.41, 5.74) is 1.92. The maximum atomic E-state index is 12.5. The smallest absolute Gasteiger partial charge is 0.253 e. The first-order chi connectivity index (χ1) is 13.0. The van der Waals surface area contributed by atoms with E-state index >= 15 is 0 Å². The molecule has 0 saturated carbocycles. The van der Waals surface area contributed by atoms with Gasteiger partial charge in [-0.1, -0.05) is 26.0 Å². The van der Waals surface area contributed by atoms with E-state index in [4.69, 9.17) is 0 Å². The van der Waals surface area contributed by atoms with Crippen LogP contribution in [0.25, 0.3) is 0 Å². The zero-order valence-electron chi connectivity index (χ0n) is 17.4. The third-order valence-electron chi connectivity index (χ3n) is 5.09. The molecule has 1 atom stereocenters. The summed E-state index contributed by atoms with van der Waals surface area (Å²) < 4.78 is 0. The highest BCUT2D eigenvalue weighted by molar-refractivity contribution is 5.94. The molecule has 0 radical (unpaired) electrons. The molecule has 1 aromatic carbocycles. The van der Waals surface area contributed by atoms with E-state index in [-0.39, 0.29) is 5.91 Å². The van der Waals surface area contributed by atoms with Crippen LogP contribution in [0.1, 0.15) is 68.8 Å². The summed E-state index contributed by atoms with van der Waals surface area (Å²) >= 11 is 0. The Bertz CT molecular complexity index is 603. The Morgan fingerprint density at radius 1 is 1.07 bits per heavy atom. The molecular formula is C22H36N4O. The van der Waals surface area contributed by atoms with Crippen molar-refractivity contribution < 1.29 is 4.79 Å². The maximum absolute atomic E-state index is 12.5. The second-order valence-corrected chi connectivity index (χ2v) is 7.99. The molecule has 2 rings (SSSR count). The van der Waals surface area contributed by atoms with Crippen LogP contribution in [0, 0.1) is 5.92 Å². The largest absolute Gasteiger partial charge is 0.354 e. The predicted octanol–water partition coefficient (Wildman–Crippen LogP) is 3.80. The van der Waals surface area contributed by atoms with Crippen LogP contribution in [-0.4, -0.2) is 42.9 Å². The third-order valence-corrected chi connectivity index (χ3v) is 5.09. The molecule has 0 bridgehead atoms. The zero-order valence-corrected chi connectivity index (χ0v) is 17.4. The molecule has 0 spiro atoms. The average molecular weight is 373 g/mol. The van der Waals surface area contributed by atoms with Gasteiger partial charge in [0.25, 0.3) is 5.91 Å². The fourth-order valence-corrected chi connectivity index (χ4v) is 3.31. The SMILES string of the molecule is CN=C(NCc1ccc(C(=O)N2CCCCC2)cc1)NC(C)CCC(C)C. The van der Waals surface area contributed by atoms with E-state index in [2.05, 4.69) is 36.4 Å². The first-order valence-corrected chi connectivity index (χ1v) is 10.3. The van der Waals surface area contributed by atoms with Gasteiger partial charge in [0.05, 0.1) is 0 Å². The quantitative estimate of drug-likeness (QED) is 0.565. The first-order valence-electron chi connectivity index (χ1n) is 10.3. The van der Waals surface area contributed by atoms with Crippen molar-refractivity contribution in [3.8, 4) is 0 Å². The number of hydrogen-bond acceptors (Lipinski definition) is 2. The molecule has 2 N–H and O–H groups in total. The van der Waals surface area contributed by atoms with E-state index in [1.54, 1.807) is 7.05 Å². The first kappa shape index (κ1) is 21.3. The van der Waals surface area contributed by atoms with E-state index in [9.17, 15) is 4.79 Å². The highest BCUT2D eigenvalue weighted by Gasteiger charge is 2.17. The topological polar surface area (TPSA) is 56.7 Å². The van der Waals surface area contributed by atoms with Gasteiger partial charge < -0.3 is 15.5 Å². The lowest BCUT2D eigenvalue weighted by molar-refractivity contribution is 0.0724. The predicted molar refractivity (Wildman–Crippen MR) is 113 cm³/mol. The van der Waals surface area contributed by atoms with Crippen molar-refractivity contribution in [2.75, 3.05) is 20.1 Å². The molecule has 1 heterocycles. The molecule has 5 nitrogen and oxygen atoms in total. The Hall–Kier alpha value is -2.04. The van der Waals surface area contributed by atoms with Gasteiger partial charge >= 0.3 is 0 Å². The number of nitrogens with zero attached hydrogens (tertiary/aromatic N) is 2. The molecule has 27 heavy (non-hydrogen) atoms. The monoisotopic (exact) mass is 372 g/mol. The van der Waals surface area contributed by atoms with Gasteiger partial charge in [-0.3, -0.25) is 9.79 Å². The second kappa shape index (κ2) is 11.0. The van der Waals surface area contributed by atoms with E-state index in [0.29, 0.717) is 12.6 Å². The molecular weight excluding hydrogens is 336 g/mol. The normalized spacial score (nSPS) is 16.3. The molecule has 1 aliphatic heterocycles. The Morgan fingerprint density at radius 3 is 2.33 bits per heavy atom. The average Bonchev–Trinajstić information content (AvgIpc) is 2.70. The van der Waals surface area contributed by atoms with Gasteiger partial charge in [-0.15, -0.1) is 0 Å². The Balaban J connectivity index is 1.82. The molecule has 150 valence electrons. The molecule has 0 aromatic heterocycles. The molecule has 1 unspecified atom stereocenters. The maximum Gasteiger partial charge on any atom is 0.253 e. The number of amides is 1. The summed E-state index contributed by atoms with van der Waals surface area (Å²) in [4.78, 5) is 18.8. The number of hydrogen-bond donors (Lipinski definition) is 2. The van der Waals surface area contributed by atoms with Crippen molar-refractivity contribution in [2.45, 2.75) is 65.5 Å². The second-order valence-electron chi connectivity index (χ2n) is 7.99. The van der Waals surface area contributed by atoms with Gasteiger partial charge in [-0.25, -0.2) is 0 Å². The number of likely N-dealkylation sites (tertiary alicyclic amines) is 1. The van der Waals surface area contributed by atoms with Gasteiger partial charge in [-0.05, 0) is 62.6 Å². The summed E-state index contributed by atoms with van der Waals surface area (Å²) in [6.45, 7) is 9.15. The minimum absolute atomic E-state index is 0.158. The molecule has 0 aliphatic carbocycles. The fraction of sp³-hybridized carbons (Fsp3) is 0.636. The highest BCUT2D eigenvalue weighted by atomic mass is 16.2. The van der Waals surface area contributed by atoms with Crippen molar-refractivity contribution in [3.63, 3.8) is 0 Å². The molecule has 1 amide bonds. The number of carbonyl (C=O) groups excluding carboxylic acids is 1. The van der Waals surface area contributed by atoms with Crippen molar-refractivity contribution in [2.24, 2.45) is 10.9 Å². The van der Waals surface area contributed by atoms with Gasteiger partial charge in [0.2, 0.25) is 0 Å². The van der Waals surface area contributed by atoms with Gasteiger partial charge in [0.15, 0.2) is 5.96 Å². The molecule has 5 heteroatoms. The van der Waals surface area contributed by atoms with Gasteiger partial charge in [-0.2, -0.15) is 0 Å². The summed E-state index contributed by atoms with van der Waals surface area (Å²) in [6, 6.07) is 8.33. The molecule has 1 aromatic rings. The lowest BCUT2D eigenvalue weighted by Crippen LogP contribution is -2.41. The molecule has 1 fully saturated rings. The number of rotatable bonds is 7.